The van der Waals surface area contributed by atoms with E-state index in [1.165, 1.54) is 12.1 Å². The maximum Gasteiger partial charge on any atom is 0.224 e. The Morgan fingerprint density at radius 3 is 2.71 bits per heavy atom. The van der Waals surface area contributed by atoms with Gasteiger partial charge in [-0.2, -0.15) is 0 Å². The lowest BCUT2D eigenvalue weighted by Crippen LogP contribution is -2.48. The highest BCUT2D eigenvalue weighted by Gasteiger charge is 2.26. The van der Waals surface area contributed by atoms with Crippen LogP contribution in [-0.4, -0.2) is 66.1 Å². The first-order chi connectivity index (χ1) is 13.7. The van der Waals surface area contributed by atoms with Gasteiger partial charge in [-0.15, -0.1) is 0 Å². The van der Waals surface area contributed by atoms with E-state index in [1.807, 2.05) is 0 Å². The van der Waals surface area contributed by atoms with E-state index in [-0.39, 0.29) is 5.91 Å². The van der Waals surface area contributed by atoms with E-state index in [9.17, 15) is 4.79 Å². The summed E-state index contributed by atoms with van der Waals surface area (Å²) < 4.78 is 6.09. The molecule has 3 fully saturated rings. The van der Waals surface area contributed by atoms with Gasteiger partial charge in [0, 0.05) is 51.4 Å². The molecule has 5 rings (SSSR count). The van der Waals surface area contributed by atoms with Crippen molar-refractivity contribution in [3.63, 3.8) is 0 Å². The lowest BCUT2D eigenvalue weighted by atomic mass is 9.96. The molecule has 1 unspecified atom stereocenters. The Labute approximate surface area is 165 Å². The molecule has 1 aliphatic carbocycles. The van der Waals surface area contributed by atoms with Crippen molar-refractivity contribution >= 4 is 22.5 Å². The van der Waals surface area contributed by atoms with Crippen molar-refractivity contribution in [3.8, 4) is 5.88 Å². The first-order valence-corrected chi connectivity index (χ1v) is 10.4. The highest BCUT2D eigenvalue weighted by atomic mass is 16.5. The van der Waals surface area contributed by atoms with Crippen molar-refractivity contribution in [2.45, 2.75) is 31.8 Å². The third-order valence-electron chi connectivity index (χ3n) is 6.23. The van der Waals surface area contributed by atoms with Crippen molar-refractivity contribution < 1.29 is 9.53 Å². The van der Waals surface area contributed by atoms with Gasteiger partial charge in [0.25, 0.3) is 0 Å². The average molecular weight is 381 g/mol. The first kappa shape index (κ1) is 17.7. The number of hydrogen-bond acceptors (Lipinski definition) is 6. The normalized spacial score (nSPS) is 23.6. The summed E-state index contributed by atoms with van der Waals surface area (Å²) in [7, 11) is 0. The summed E-state index contributed by atoms with van der Waals surface area (Å²) in [5, 5.41) is 3.94. The summed E-state index contributed by atoms with van der Waals surface area (Å²) in [5.41, 5.74) is 2.14. The molecule has 148 valence electrons. The Bertz CT molecular complexity index is 861. The number of fused-ring (bicyclic) bond motifs is 1. The number of piperazine rings is 1. The van der Waals surface area contributed by atoms with E-state index in [2.05, 4.69) is 43.3 Å². The third kappa shape index (κ3) is 3.63. The van der Waals surface area contributed by atoms with E-state index in [0.717, 1.165) is 63.0 Å². The summed E-state index contributed by atoms with van der Waals surface area (Å²) >= 11 is 0. The molecule has 1 atom stereocenters. The van der Waals surface area contributed by atoms with E-state index < -0.39 is 0 Å². The molecule has 2 saturated heterocycles. The molecule has 1 amide bonds. The number of nitrogens with one attached hydrogen (secondary N) is 1. The number of carbonyl (C=O) groups excluding carboxylic acids is 1. The molecule has 7 heteroatoms. The molecule has 2 aromatic rings. The second-order valence-electron chi connectivity index (χ2n) is 8.21. The number of carbonyl (C=O) groups is 1. The van der Waals surface area contributed by atoms with Gasteiger partial charge in [-0.05, 0) is 43.4 Å². The van der Waals surface area contributed by atoms with Gasteiger partial charge in [0.2, 0.25) is 11.8 Å². The van der Waals surface area contributed by atoms with Crippen molar-refractivity contribution in [1.29, 1.82) is 0 Å². The molecular weight excluding hydrogens is 354 g/mol. The molecule has 0 spiro atoms. The summed E-state index contributed by atoms with van der Waals surface area (Å²) in [6, 6.07) is 6.40. The Morgan fingerprint density at radius 1 is 1.14 bits per heavy atom. The number of ether oxygens (including phenoxy) is 1. The highest BCUT2D eigenvalue weighted by Crippen LogP contribution is 2.31. The van der Waals surface area contributed by atoms with E-state index in [0.29, 0.717) is 24.3 Å². The highest BCUT2D eigenvalue weighted by molar-refractivity contribution is 5.86. The molecule has 3 aliphatic rings. The Balaban J connectivity index is 1.26. The number of anilines is 1. The first-order valence-electron chi connectivity index (χ1n) is 10.4. The number of rotatable bonds is 5. The Hall–Kier alpha value is -2.41. The zero-order valence-electron chi connectivity index (χ0n) is 16.1. The van der Waals surface area contributed by atoms with Crippen molar-refractivity contribution in [1.82, 2.24) is 20.2 Å². The maximum absolute atomic E-state index is 11.4. The van der Waals surface area contributed by atoms with Crippen LogP contribution in [0.3, 0.4) is 0 Å². The SMILES string of the molecule is O=C1CC(CN2CCN(c3ccc4ncnc(OC5CCC5)c4c3)CC2)CN1. The zero-order chi connectivity index (χ0) is 18.9. The number of hydrogen-bond donors (Lipinski definition) is 1. The average Bonchev–Trinajstić information content (AvgIpc) is 3.09. The van der Waals surface area contributed by atoms with Gasteiger partial charge in [0.1, 0.15) is 12.4 Å². The van der Waals surface area contributed by atoms with Crippen molar-refractivity contribution in [2.24, 2.45) is 5.92 Å². The van der Waals surface area contributed by atoms with Crippen LogP contribution in [0, 0.1) is 5.92 Å². The van der Waals surface area contributed by atoms with Gasteiger partial charge in [-0.1, -0.05) is 0 Å². The molecule has 7 nitrogen and oxygen atoms in total. The summed E-state index contributed by atoms with van der Waals surface area (Å²) in [6.45, 7) is 5.88. The maximum atomic E-state index is 11.4. The minimum Gasteiger partial charge on any atom is -0.474 e. The lowest BCUT2D eigenvalue weighted by Gasteiger charge is -2.37. The van der Waals surface area contributed by atoms with Gasteiger partial charge >= 0.3 is 0 Å². The second kappa shape index (κ2) is 7.54. The van der Waals surface area contributed by atoms with E-state index in [4.69, 9.17) is 4.74 Å². The predicted molar refractivity (Wildman–Crippen MR) is 108 cm³/mol. The molecule has 3 heterocycles. The molecule has 0 radical (unpaired) electrons. The van der Waals surface area contributed by atoms with Crippen LogP contribution in [0.1, 0.15) is 25.7 Å². The van der Waals surface area contributed by atoms with Crippen LogP contribution in [-0.2, 0) is 4.79 Å². The fourth-order valence-electron chi connectivity index (χ4n) is 4.31. The van der Waals surface area contributed by atoms with Crippen LogP contribution in [0.5, 0.6) is 5.88 Å². The van der Waals surface area contributed by atoms with Gasteiger partial charge in [-0.3, -0.25) is 9.69 Å². The Kier molecular flexibility index (Phi) is 4.76. The molecule has 1 saturated carbocycles. The number of aromatic nitrogens is 2. The van der Waals surface area contributed by atoms with E-state index >= 15 is 0 Å². The van der Waals surface area contributed by atoms with E-state index in [1.54, 1.807) is 6.33 Å². The van der Waals surface area contributed by atoms with Crippen LogP contribution < -0.4 is 15.0 Å². The number of nitrogens with zero attached hydrogens (tertiary/aromatic N) is 4. The molecule has 1 aromatic heterocycles. The lowest BCUT2D eigenvalue weighted by molar-refractivity contribution is -0.119. The second-order valence-corrected chi connectivity index (χ2v) is 8.21. The summed E-state index contributed by atoms with van der Waals surface area (Å²) in [4.78, 5) is 25.1. The number of benzene rings is 1. The van der Waals surface area contributed by atoms with Crippen molar-refractivity contribution in [2.75, 3.05) is 44.2 Å². The molecule has 2 aliphatic heterocycles. The van der Waals surface area contributed by atoms with Gasteiger partial charge in [0.15, 0.2) is 0 Å². The molecular formula is C21H27N5O2. The smallest absolute Gasteiger partial charge is 0.224 e. The van der Waals surface area contributed by atoms with Crippen LogP contribution in [0.25, 0.3) is 10.9 Å². The summed E-state index contributed by atoms with van der Waals surface area (Å²) in [5.74, 6) is 1.37. The van der Waals surface area contributed by atoms with Gasteiger partial charge < -0.3 is 15.0 Å². The molecule has 0 bridgehead atoms. The zero-order valence-corrected chi connectivity index (χ0v) is 16.1. The quantitative estimate of drug-likeness (QED) is 0.852. The fraction of sp³-hybridized carbons (Fsp3) is 0.571. The molecule has 1 aromatic carbocycles. The van der Waals surface area contributed by atoms with Crippen LogP contribution in [0.4, 0.5) is 5.69 Å². The fourth-order valence-corrected chi connectivity index (χ4v) is 4.31. The number of amides is 1. The van der Waals surface area contributed by atoms with Crippen LogP contribution in [0.2, 0.25) is 0 Å². The monoisotopic (exact) mass is 381 g/mol. The van der Waals surface area contributed by atoms with Gasteiger partial charge in [0.05, 0.1) is 10.9 Å². The minimum absolute atomic E-state index is 0.196. The largest absolute Gasteiger partial charge is 0.474 e. The summed E-state index contributed by atoms with van der Waals surface area (Å²) in [6.07, 6.45) is 6.06. The van der Waals surface area contributed by atoms with Gasteiger partial charge in [-0.25, -0.2) is 9.97 Å². The molecule has 1 N–H and O–H groups in total. The molecule has 28 heavy (non-hydrogen) atoms. The predicted octanol–water partition coefficient (Wildman–Crippen LogP) is 1.82. The van der Waals surface area contributed by atoms with Crippen LogP contribution >= 0.6 is 0 Å². The Morgan fingerprint density at radius 2 is 2.00 bits per heavy atom. The van der Waals surface area contributed by atoms with Crippen molar-refractivity contribution in [3.05, 3.63) is 24.5 Å². The topological polar surface area (TPSA) is 70.6 Å². The van der Waals surface area contributed by atoms with Crippen LogP contribution in [0.15, 0.2) is 24.5 Å². The standard InChI is InChI=1S/C21H27N5O2/c27-20-10-15(12-22-20)13-25-6-8-26(9-7-25)16-4-5-19-18(11-16)21(24-14-23-19)28-17-2-1-3-17/h4-5,11,14-15,17H,1-3,6-10,12-13H2,(H,22,27). The third-order valence-corrected chi connectivity index (χ3v) is 6.23. The minimum atomic E-state index is 0.196.